The summed E-state index contributed by atoms with van der Waals surface area (Å²) in [7, 11) is -2.37. The summed E-state index contributed by atoms with van der Waals surface area (Å²) in [5, 5.41) is 9.76. The molecule has 0 unspecified atom stereocenters. The number of nitrogens with zero attached hydrogens (tertiary/aromatic N) is 3. The fourth-order valence-corrected chi connectivity index (χ4v) is 3.76. The van der Waals surface area contributed by atoms with Crippen LogP contribution in [-0.4, -0.2) is 66.3 Å². The molecule has 2 N–H and O–H groups in total. The van der Waals surface area contributed by atoms with Crippen molar-refractivity contribution in [3.63, 3.8) is 0 Å². The van der Waals surface area contributed by atoms with Gasteiger partial charge >= 0.3 is 0 Å². The van der Waals surface area contributed by atoms with Gasteiger partial charge < -0.3 is 10.1 Å². The van der Waals surface area contributed by atoms with Crippen molar-refractivity contribution in [3.05, 3.63) is 30.6 Å². The summed E-state index contributed by atoms with van der Waals surface area (Å²) >= 11 is 1.41. The van der Waals surface area contributed by atoms with Gasteiger partial charge in [-0.05, 0) is 31.2 Å². The summed E-state index contributed by atoms with van der Waals surface area (Å²) in [5.74, 6) is 0.812. The lowest BCUT2D eigenvalue weighted by molar-refractivity contribution is -0.121. The van der Waals surface area contributed by atoms with Crippen LogP contribution in [0.25, 0.3) is 0 Å². The van der Waals surface area contributed by atoms with Crippen LogP contribution >= 0.6 is 11.8 Å². The van der Waals surface area contributed by atoms with Crippen LogP contribution in [0.15, 0.2) is 40.6 Å². The van der Waals surface area contributed by atoms with Crippen molar-refractivity contribution >= 4 is 27.7 Å². The summed E-state index contributed by atoms with van der Waals surface area (Å²) < 4.78 is 31.3. The summed E-state index contributed by atoms with van der Waals surface area (Å²) in [6.07, 6.45) is 1.40. The molecule has 26 heavy (non-hydrogen) atoms. The maximum absolute atomic E-state index is 12.5. The molecule has 0 atom stereocenters. The van der Waals surface area contributed by atoms with E-state index < -0.39 is 10.0 Å². The van der Waals surface area contributed by atoms with Gasteiger partial charge in [0.25, 0.3) is 0 Å². The van der Waals surface area contributed by atoms with E-state index in [9.17, 15) is 13.2 Å². The van der Waals surface area contributed by atoms with E-state index in [0.29, 0.717) is 29.8 Å². The third kappa shape index (κ3) is 5.71. The summed E-state index contributed by atoms with van der Waals surface area (Å²) in [5.41, 5.74) is 0. The van der Waals surface area contributed by atoms with Gasteiger partial charge in [0.05, 0.1) is 18.0 Å². The lowest BCUT2D eigenvalue weighted by Crippen LogP contribution is -2.39. The third-order valence-corrected chi connectivity index (χ3v) is 5.96. The van der Waals surface area contributed by atoms with Crippen molar-refractivity contribution in [3.8, 4) is 5.75 Å². The maximum atomic E-state index is 12.5. The van der Waals surface area contributed by atoms with Crippen molar-refractivity contribution in [1.29, 1.82) is 0 Å². The lowest BCUT2D eigenvalue weighted by atomic mass is 10.3. The molecule has 142 valence electrons. The maximum Gasteiger partial charge on any atom is 0.243 e. The molecule has 0 saturated heterocycles. The Labute approximate surface area is 156 Å². The first-order valence-electron chi connectivity index (χ1n) is 7.87. The number of H-pyrrole nitrogens is 1. The van der Waals surface area contributed by atoms with Crippen LogP contribution in [0.2, 0.25) is 0 Å². The highest BCUT2D eigenvalue weighted by Crippen LogP contribution is 2.18. The zero-order chi connectivity index (χ0) is 19.0. The molecule has 1 aromatic carbocycles. The quantitative estimate of drug-likeness (QED) is 0.447. The number of likely N-dealkylation sites (N-methyl/N-ethyl adjacent to an activating group) is 1. The minimum absolute atomic E-state index is 0.108. The number of ether oxygens (including phenoxy) is 1. The average molecular weight is 399 g/mol. The van der Waals surface area contributed by atoms with E-state index in [4.69, 9.17) is 4.74 Å². The number of thioether (sulfide) groups is 1. The average Bonchev–Trinajstić information content (AvgIpc) is 3.13. The second kappa shape index (κ2) is 9.55. The molecule has 0 aliphatic rings. The molecule has 2 aromatic rings. The molecule has 0 aliphatic carbocycles. The summed E-state index contributed by atoms with van der Waals surface area (Å²) in [6, 6.07) is 6.10. The minimum Gasteiger partial charge on any atom is -0.494 e. The number of aromatic nitrogens is 3. The van der Waals surface area contributed by atoms with Gasteiger partial charge in [-0.3, -0.25) is 9.89 Å². The molecule has 2 rings (SSSR count). The molecule has 0 bridgehead atoms. The Morgan fingerprint density at radius 2 is 2.08 bits per heavy atom. The predicted molar refractivity (Wildman–Crippen MR) is 97.5 cm³/mol. The highest BCUT2D eigenvalue weighted by atomic mass is 32.2. The van der Waals surface area contributed by atoms with E-state index in [2.05, 4.69) is 20.5 Å². The number of carbonyl (C=O) groups is 1. The van der Waals surface area contributed by atoms with Crippen molar-refractivity contribution in [2.24, 2.45) is 0 Å². The first kappa shape index (κ1) is 20.2. The Hall–Kier alpha value is -2.11. The van der Waals surface area contributed by atoms with Crippen molar-refractivity contribution in [1.82, 2.24) is 24.8 Å². The van der Waals surface area contributed by atoms with Gasteiger partial charge in [0.15, 0.2) is 5.16 Å². The minimum atomic E-state index is -3.74. The second-order valence-corrected chi connectivity index (χ2v) is 8.28. The van der Waals surface area contributed by atoms with Gasteiger partial charge in [-0.15, -0.1) is 0 Å². The molecular weight excluding hydrogens is 378 g/mol. The van der Waals surface area contributed by atoms with Crippen LogP contribution < -0.4 is 10.1 Å². The Bertz CT molecular complexity index is 794. The van der Waals surface area contributed by atoms with Crippen LogP contribution in [-0.2, 0) is 14.8 Å². The number of nitrogens with one attached hydrogen (secondary N) is 2. The Morgan fingerprint density at radius 3 is 2.69 bits per heavy atom. The fraction of sp³-hybridized carbons (Fsp3) is 0.400. The van der Waals surface area contributed by atoms with Crippen molar-refractivity contribution in [2.45, 2.75) is 17.0 Å². The zero-order valence-electron chi connectivity index (χ0n) is 14.5. The van der Waals surface area contributed by atoms with Crippen LogP contribution in [0.1, 0.15) is 6.92 Å². The number of amides is 1. The molecule has 0 fully saturated rings. The zero-order valence-corrected chi connectivity index (χ0v) is 16.1. The molecule has 1 aromatic heterocycles. The van der Waals surface area contributed by atoms with Crippen molar-refractivity contribution in [2.75, 3.05) is 32.5 Å². The van der Waals surface area contributed by atoms with Gasteiger partial charge in [0.1, 0.15) is 12.1 Å². The smallest absolute Gasteiger partial charge is 0.243 e. The SMILES string of the molecule is CCOc1ccc(S(=O)(=O)N(C)CC(=O)NCCSc2ncn[nH]2)cc1. The van der Waals surface area contributed by atoms with E-state index in [1.54, 1.807) is 12.1 Å². The normalized spacial score (nSPS) is 11.5. The highest BCUT2D eigenvalue weighted by molar-refractivity contribution is 7.99. The van der Waals surface area contributed by atoms with Crippen LogP contribution in [0.4, 0.5) is 0 Å². The molecule has 0 spiro atoms. The number of rotatable bonds is 10. The molecule has 11 heteroatoms. The van der Waals surface area contributed by atoms with E-state index in [1.165, 1.54) is 37.3 Å². The molecular formula is C15H21N5O4S2. The number of carbonyl (C=O) groups excluding carboxylic acids is 1. The summed E-state index contributed by atoms with van der Waals surface area (Å²) in [6.45, 7) is 2.48. The number of benzene rings is 1. The Balaban J connectivity index is 1.82. The first-order chi connectivity index (χ1) is 12.4. The summed E-state index contributed by atoms with van der Waals surface area (Å²) in [4.78, 5) is 16.0. The van der Waals surface area contributed by atoms with E-state index in [1.807, 2.05) is 6.92 Å². The van der Waals surface area contributed by atoms with Gasteiger partial charge in [-0.25, -0.2) is 13.4 Å². The van der Waals surface area contributed by atoms with Crippen molar-refractivity contribution < 1.29 is 17.9 Å². The number of sulfonamides is 1. The van der Waals surface area contributed by atoms with Gasteiger partial charge in [0, 0.05) is 19.3 Å². The van der Waals surface area contributed by atoms with E-state index >= 15 is 0 Å². The number of hydrogen-bond donors (Lipinski definition) is 2. The lowest BCUT2D eigenvalue weighted by Gasteiger charge is -2.17. The Kier molecular flexibility index (Phi) is 7.42. The topological polar surface area (TPSA) is 117 Å². The largest absolute Gasteiger partial charge is 0.494 e. The van der Waals surface area contributed by atoms with Gasteiger partial charge in [-0.1, -0.05) is 11.8 Å². The van der Waals surface area contributed by atoms with E-state index in [0.717, 1.165) is 4.31 Å². The van der Waals surface area contributed by atoms with Crippen LogP contribution in [0.3, 0.4) is 0 Å². The molecule has 9 nitrogen and oxygen atoms in total. The molecule has 0 saturated carbocycles. The predicted octanol–water partition coefficient (Wildman–Crippen LogP) is 0.732. The van der Waals surface area contributed by atoms with Gasteiger partial charge in [0.2, 0.25) is 15.9 Å². The standard InChI is InChI=1S/C15H21N5O4S2/c1-3-24-12-4-6-13(7-5-12)26(22,23)20(2)10-14(21)16-8-9-25-15-17-11-18-19-15/h4-7,11H,3,8-10H2,1-2H3,(H,16,21)(H,17,18,19). The number of hydrogen-bond acceptors (Lipinski definition) is 7. The first-order valence-corrected chi connectivity index (χ1v) is 10.3. The third-order valence-electron chi connectivity index (χ3n) is 3.27. The van der Waals surface area contributed by atoms with Crippen LogP contribution in [0.5, 0.6) is 5.75 Å². The highest BCUT2D eigenvalue weighted by Gasteiger charge is 2.22. The van der Waals surface area contributed by atoms with Crippen LogP contribution in [0, 0.1) is 0 Å². The van der Waals surface area contributed by atoms with E-state index in [-0.39, 0.29) is 17.3 Å². The molecule has 0 aliphatic heterocycles. The molecule has 1 amide bonds. The van der Waals surface area contributed by atoms with Gasteiger partial charge in [-0.2, -0.15) is 9.40 Å². The second-order valence-electron chi connectivity index (χ2n) is 5.15. The molecule has 1 heterocycles. The fourth-order valence-electron chi connectivity index (χ4n) is 2.00. The Morgan fingerprint density at radius 1 is 1.35 bits per heavy atom. The monoisotopic (exact) mass is 399 g/mol. The number of aromatic amines is 1. The molecule has 0 radical (unpaired) electrons.